The van der Waals surface area contributed by atoms with Crippen LogP contribution >= 0.6 is 23.2 Å². The zero-order valence-electron chi connectivity index (χ0n) is 26.9. The van der Waals surface area contributed by atoms with Gasteiger partial charge >= 0.3 is 24.4 Å². The average Bonchev–Trinajstić information content (AvgIpc) is 3.43. The molecule has 21 heteroatoms. The van der Waals surface area contributed by atoms with Crippen LogP contribution in [0, 0.1) is 13.8 Å². The van der Waals surface area contributed by atoms with Gasteiger partial charge in [0.15, 0.2) is 11.4 Å². The Kier molecular flexibility index (Phi) is 16.1. The summed E-state index contributed by atoms with van der Waals surface area (Å²) in [4.78, 5) is 37.1. The number of carboxylic acids is 1. The average molecular weight is 756 g/mol. The number of alkyl halides is 6. The van der Waals surface area contributed by atoms with Gasteiger partial charge in [-0.05, 0) is 34.6 Å². The molecule has 0 radical (unpaired) electrons. The number of rotatable bonds is 4. The number of nitrogens with one attached hydrogen (secondary N) is 2. The molecule has 0 atom stereocenters. The molecule has 49 heavy (non-hydrogen) atoms. The number of carbonyl (C=O) groups is 3. The van der Waals surface area contributed by atoms with Crippen LogP contribution < -0.4 is 10.6 Å². The first kappa shape index (κ1) is 43.7. The highest BCUT2D eigenvalue weighted by Gasteiger charge is 2.39. The Morgan fingerprint density at radius 3 is 1.45 bits per heavy atom. The molecule has 280 valence electrons. The van der Waals surface area contributed by atoms with Gasteiger partial charge in [-0.3, -0.25) is 19.0 Å². The maximum Gasteiger partial charge on any atom is 0.436 e. The molecule has 0 saturated carbocycles. The standard InChI is InChI=1S/C11H14ClF3N4O.C9H18N2O2.C7H6ClF3N2O2.CH4/c1-7-9(12)10(11(13,14)15)17-19(7)6-8(20)18-4-2-16-3-5-18;1-9(2,3)13-8(12)11-6-4-10-5-7-11;1-3-5(8)6(7(9,10)11)12-13(3)2-4(14)15;/h16H,2-6H2,1H3;10H,4-7H2,1-3H3;2H2,1H3,(H,14,15);1H4. The Bertz CT molecular complexity index is 1410. The van der Waals surface area contributed by atoms with Gasteiger partial charge in [-0.15, -0.1) is 0 Å². The third-order valence-electron chi connectivity index (χ3n) is 6.61. The van der Waals surface area contributed by atoms with E-state index in [0.717, 1.165) is 30.9 Å². The second-order valence-electron chi connectivity index (χ2n) is 11.5. The van der Waals surface area contributed by atoms with Crippen molar-refractivity contribution < 1.29 is 50.6 Å². The van der Waals surface area contributed by atoms with Crippen LogP contribution in [0.1, 0.15) is 51.0 Å². The highest BCUT2D eigenvalue weighted by molar-refractivity contribution is 6.32. The zero-order chi connectivity index (χ0) is 36.6. The van der Waals surface area contributed by atoms with Gasteiger partial charge in [0, 0.05) is 52.4 Å². The number of amides is 2. The summed E-state index contributed by atoms with van der Waals surface area (Å²) in [5.74, 6) is -1.55. The molecule has 0 spiro atoms. The topological polar surface area (TPSA) is 147 Å². The summed E-state index contributed by atoms with van der Waals surface area (Å²) in [7, 11) is 0. The van der Waals surface area contributed by atoms with E-state index in [2.05, 4.69) is 20.8 Å². The predicted octanol–water partition coefficient (Wildman–Crippen LogP) is 4.71. The van der Waals surface area contributed by atoms with E-state index in [1.807, 2.05) is 20.8 Å². The van der Waals surface area contributed by atoms with Crippen molar-refractivity contribution in [3.63, 3.8) is 0 Å². The summed E-state index contributed by atoms with van der Waals surface area (Å²) in [6, 6.07) is 0. The van der Waals surface area contributed by atoms with Gasteiger partial charge in [0.05, 0.1) is 21.4 Å². The second-order valence-corrected chi connectivity index (χ2v) is 12.3. The van der Waals surface area contributed by atoms with E-state index in [9.17, 15) is 40.7 Å². The molecule has 2 fully saturated rings. The van der Waals surface area contributed by atoms with Crippen LogP contribution in [0.2, 0.25) is 10.0 Å². The number of carboxylic acid groups (broad SMARTS) is 1. The van der Waals surface area contributed by atoms with Gasteiger partial charge in [0.1, 0.15) is 18.7 Å². The van der Waals surface area contributed by atoms with Crippen molar-refractivity contribution in [1.82, 2.24) is 40.0 Å². The van der Waals surface area contributed by atoms with Crippen LogP contribution in [0.3, 0.4) is 0 Å². The summed E-state index contributed by atoms with van der Waals surface area (Å²) < 4.78 is 81.8. The Labute approximate surface area is 289 Å². The van der Waals surface area contributed by atoms with Crippen molar-refractivity contribution in [2.45, 2.75) is 73.1 Å². The molecule has 2 aromatic heterocycles. The number of hydrogen-bond donors (Lipinski definition) is 3. The molecule has 2 saturated heterocycles. The largest absolute Gasteiger partial charge is 0.480 e. The third kappa shape index (κ3) is 13.5. The molecule has 0 aliphatic carbocycles. The second kappa shape index (κ2) is 18.1. The highest BCUT2D eigenvalue weighted by atomic mass is 35.5. The van der Waals surface area contributed by atoms with Gasteiger partial charge < -0.3 is 30.3 Å². The molecule has 2 aliphatic rings. The smallest absolute Gasteiger partial charge is 0.436 e. The summed E-state index contributed by atoms with van der Waals surface area (Å²) in [6.07, 6.45) is -9.49. The van der Waals surface area contributed by atoms with Crippen LogP contribution in [0.15, 0.2) is 0 Å². The minimum Gasteiger partial charge on any atom is -0.480 e. The molecular weight excluding hydrogens is 713 g/mol. The molecular formula is C28H42Cl2F6N8O5. The van der Waals surface area contributed by atoms with Gasteiger partial charge in [0.2, 0.25) is 5.91 Å². The van der Waals surface area contributed by atoms with E-state index >= 15 is 0 Å². The lowest BCUT2D eigenvalue weighted by atomic mass is 10.2. The Morgan fingerprint density at radius 1 is 0.755 bits per heavy atom. The van der Waals surface area contributed by atoms with Gasteiger partial charge in [-0.25, -0.2) is 4.79 Å². The van der Waals surface area contributed by atoms with Crippen molar-refractivity contribution in [1.29, 1.82) is 0 Å². The molecule has 2 amide bonds. The van der Waals surface area contributed by atoms with Crippen LogP contribution in [-0.4, -0.2) is 110 Å². The zero-order valence-corrected chi connectivity index (χ0v) is 28.4. The number of carbonyl (C=O) groups excluding carboxylic acids is 2. The Hall–Kier alpha value is -3.29. The Balaban J connectivity index is 0.000000374. The molecule has 13 nitrogen and oxygen atoms in total. The van der Waals surface area contributed by atoms with Crippen molar-refractivity contribution in [2.24, 2.45) is 0 Å². The summed E-state index contributed by atoms with van der Waals surface area (Å²) in [6.45, 7) is 13.1. The highest BCUT2D eigenvalue weighted by Crippen LogP contribution is 2.36. The number of aromatic nitrogens is 4. The first-order chi connectivity index (χ1) is 22.0. The lowest BCUT2D eigenvalue weighted by Crippen LogP contribution is -2.48. The molecule has 3 N–H and O–H groups in total. The lowest BCUT2D eigenvalue weighted by molar-refractivity contribution is -0.143. The molecule has 4 rings (SSSR count). The third-order valence-corrected chi connectivity index (χ3v) is 7.52. The quantitative estimate of drug-likeness (QED) is 0.378. The van der Waals surface area contributed by atoms with Crippen LogP contribution in [-0.2, 0) is 39.8 Å². The van der Waals surface area contributed by atoms with Crippen LogP contribution in [0.4, 0.5) is 31.1 Å². The fourth-order valence-corrected chi connectivity index (χ4v) is 4.65. The molecule has 2 aromatic rings. The minimum absolute atomic E-state index is 0. The number of hydrogen-bond acceptors (Lipinski definition) is 8. The first-order valence-electron chi connectivity index (χ1n) is 14.5. The van der Waals surface area contributed by atoms with Crippen molar-refractivity contribution in [2.75, 3.05) is 52.4 Å². The molecule has 2 aliphatic heterocycles. The molecule has 0 unspecified atom stereocenters. The SMILES string of the molecule is C.CC(C)(C)OC(=O)N1CCNCC1.Cc1c(Cl)c(C(F)(F)F)nn1CC(=O)N1CCNCC1.Cc1c(Cl)c(C(F)(F)F)nn1CC(=O)O. The van der Waals surface area contributed by atoms with Gasteiger partial charge in [-0.2, -0.15) is 36.5 Å². The monoisotopic (exact) mass is 754 g/mol. The summed E-state index contributed by atoms with van der Waals surface area (Å²) in [5, 5.41) is 20.2. The summed E-state index contributed by atoms with van der Waals surface area (Å²) in [5.41, 5.74) is -2.68. The van der Waals surface area contributed by atoms with E-state index < -0.39 is 46.3 Å². The fourth-order valence-electron chi connectivity index (χ4n) is 4.16. The first-order valence-corrected chi connectivity index (χ1v) is 15.3. The van der Waals surface area contributed by atoms with Gasteiger partial charge in [-0.1, -0.05) is 30.6 Å². The number of nitrogens with zero attached hydrogens (tertiary/aromatic N) is 6. The molecule has 0 aromatic carbocycles. The number of ether oxygens (including phenoxy) is 1. The van der Waals surface area contributed by atoms with Gasteiger partial charge in [0.25, 0.3) is 0 Å². The number of piperazine rings is 2. The predicted molar refractivity (Wildman–Crippen MR) is 168 cm³/mol. The Morgan fingerprint density at radius 2 is 1.12 bits per heavy atom. The normalized spacial score (nSPS) is 15.3. The van der Waals surface area contributed by atoms with E-state index in [4.69, 9.17) is 33.0 Å². The van der Waals surface area contributed by atoms with E-state index in [-0.39, 0.29) is 43.0 Å². The maximum absolute atomic E-state index is 12.7. The summed E-state index contributed by atoms with van der Waals surface area (Å²) >= 11 is 11.0. The number of halogens is 8. The van der Waals surface area contributed by atoms with Crippen molar-refractivity contribution in [3.05, 3.63) is 32.8 Å². The van der Waals surface area contributed by atoms with Crippen molar-refractivity contribution >= 4 is 41.2 Å². The van der Waals surface area contributed by atoms with E-state index in [0.29, 0.717) is 30.9 Å². The minimum atomic E-state index is -4.68. The lowest BCUT2D eigenvalue weighted by Gasteiger charge is -2.30. The van der Waals surface area contributed by atoms with Crippen LogP contribution in [0.5, 0.6) is 0 Å². The number of aliphatic carboxylic acids is 1. The van der Waals surface area contributed by atoms with Crippen molar-refractivity contribution in [3.8, 4) is 0 Å². The molecule has 4 heterocycles. The van der Waals surface area contributed by atoms with Crippen LogP contribution in [0.25, 0.3) is 0 Å². The van der Waals surface area contributed by atoms with E-state index in [1.165, 1.54) is 13.8 Å². The van der Waals surface area contributed by atoms with E-state index in [1.54, 1.807) is 9.80 Å². The maximum atomic E-state index is 12.7. The molecule has 0 bridgehead atoms. The fraction of sp³-hybridized carbons (Fsp3) is 0.679.